The number of nitrogens with zero attached hydrogens (tertiary/aromatic N) is 2. The lowest BCUT2D eigenvalue weighted by Gasteiger charge is -2.31. The van der Waals surface area contributed by atoms with Gasteiger partial charge in [-0.25, -0.2) is 12.7 Å². The standard InChI is InChI=1S/C17H22N4O6S/c22-16(17(23)19-13-1-3-14(4-2-13)21(24)25)18-11-12-7-9-20(10-8-12)28(26,27)15-5-6-15/h1-4,12,15H,5-11H2,(H,18,22)(H,19,23). The van der Waals surface area contributed by atoms with Crippen LogP contribution in [0.3, 0.4) is 0 Å². The van der Waals surface area contributed by atoms with Gasteiger partial charge >= 0.3 is 11.8 Å². The molecule has 2 aliphatic rings. The second-order valence-corrected chi connectivity index (χ2v) is 9.27. The lowest BCUT2D eigenvalue weighted by Crippen LogP contribution is -2.44. The molecule has 1 aromatic carbocycles. The van der Waals surface area contributed by atoms with Gasteiger partial charge in [-0.15, -0.1) is 0 Å². The summed E-state index contributed by atoms with van der Waals surface area (Å²) in [6, 6.07) is 5.16. The fourth-order valence-electron chi connectivity index (χ4n) is 3.12. The number of nitrogens with one attached hydrogen (secondary N) is 2. The van der Waals surface area contributed by atoms with E-state index in [9.17, 15) is 28.1 Å². The normalized spacial score (nSPS) is 18.4. The monoisotopic (exact) mass is 410 g/mol. The second-order valence-electron chi connectivity index (χ2n) is 7.05. The summed E-state index contributed by atoms with van der Waals surface area (Å²) in [4.78, 5) is 33.9. The molecule has 10 nitrogen and oxygen atoms in total. The van der Waals surface area contributed by atoms with Crippen LogP contribution in [0.1, 0.15) is 25.7 Å². The van der Waals surface area contributed by atoms with Crippen LogP contribution in [0.25, 0.3) is 0 Å². The number of nitro benzene ring substituents is 1. The van der Waals surface area contributed by atoms with Crippen molar-refractivity contribution in [2.45, 2.75) is 30.9 Å². The summed E-state index contributed by atoms with van der Waals surface area (Å²) in [6.07, 6.45) is 2.75. The Hall–Kier alpha value is -2.53. The first-order chi connectivity index (χ1) is 13.3. The number of sulfonamides is 1. The van der Waals surface area contributed by atoms with E-state index in [4.69, 9.17) is 0 Å². The number of carbonyl (C=O) groups is 2. The van der Waals surface area contributed by atoms with E-state index in [1.54, 1.807) is 0 Å². The van der Waals surface area contributed by atoms with Crippen molar-refractivity contribution >= 4 is 33.2 Å². The van der Waals surface area contributed by atoms with Crippen LogP contribution in [0.5, 0.6) is 0 Å². The first-order valence-electron chi connectivity index (χ1n) is 9.10. The number of non-ortho nitro benzene ring substituents is 1. The van der Waals surface area contributed by atoms with Crippen molar-refractivity contribution in [2.24, 2.45) is 5.92 Å². The minimum atomic E-state index is -3.16. The van der Waals surface area contributed by atoms with Gasteiger partial charge in [-0.05, 0) is 43.7 Å². The number of nitro groups is 1. The summed E-state index contributed by atoms with van der Waals surface area (Å²) in [5.74, 6) is -1.55. The van der Waals surface area contributed by atoms with Gasteiger partial charge < -0.3 is 10.6 Å². The van der Waals surface area contributed by atoms with E-state index in [0.717, 1.165) is 12.8 Å². The van der Waals surface area contributed by atoms with Gasteiger partial charge in [-0.2, -0.15) is 0 Å². The Labute approximate surface area is 162 Å². The van der Waals surface area contributed by atoms with Crippen LogP contribution in [0.15, 0.2) is 24.3 Å². The van der Waals surface area contributed by atoms with Crippen molar-refractivity contribution < 1.29 is 22.9 Å². The lowest BCUT2D eigenvalue weighted by atomic mass is 9.98. The lowest BCUT2D eigenvalue weighted by molar-refractivity contribution is -0.384. The van der Waals surface area contributed by atoms with Crippen LogP contribution in [0.4, 0.5) is 11.4 Å². The van der Waals surface area contributed by atoms with Crippen LogP contribution >= 0.6 is 0 Å². The molecule has 3 rings (SSSR count). The van der Waals surface area contributed by atoms with Crippen molar-refractivity contribution in [1.29, 1.82) is 0 Å². The summed E-state index contributed by atoms with van der Waals surface area (Å²) in [5, 5.41) is 15.3. The number of benzene rings is 1. The predicted octanol–water partition coefficient (Wildman–Crippen LogP) is 0.854. The van der Waals surface area contributed by atoms with Crippen molar-refractivity contribution in [2.75, 3.05) is 25.0 Å². The van der Waals surface area contributed by atoms with Gasteiger partial charge in [-0.3, -0.25) is 19.7 Å². The third-order valence-electron chi connectivity index (χ3n) is 4.97. The molecule has 0 unspecified atom stereocenters. The third-order valence-corrected chi connectivity index (χ3v) is 7.37. The van der Waals surface area contributed by atoms with E-state index in [1.165, 1.54) is 28.6 Å². The van der Waals surface area contributed by atoms with Crippen molar-refractivity contribution in [3.05, 3.63) is 34.4 Å². The maximum Gasteiger partial charge on any atom is 0.313 e. The van der Waals surface area contributed by atoms with Crippen molar-refractivity contribution in [3.63, 3.8) is 0 Å². The minimum absolute atomic E-state index is 0.113. The van der Waals surface area contributed by atoms with Gasteiger partial charge in [0.25, 0.3) is 5.69 Å². The van der Waals surface area contributed by atoms with Crippen LogP contribution in [-0.4, -0.2) is 54.3 Å². The molecule has 0 spiro atoms. The highest BCUT2D eigenvalue weighted by molar-refractivity contribution is 7.90. The molecule has 11 heteroatoms. The third kappa shape index (κ3) is 4.84. The second kappa shape index (κ2) is 8.23. The Kier molecular flexibility index (Phi) is 5.94. The number of carbonyl (C=O) groups excluding carboxylic acids is 2. The number of amides is 2. The molecular formula is C17H22N4O6S. The molecule has 0 radical (unpaired) electrons. The molecule has 1 saturated heterocycles. The molecule has 2 amide bonds. The average molecular weight is 410 g/mol. The Bertz CT molecular complexity index is 858. The van der Waals surface area contributed by atoms with E-state index in [-0.39, 0.29) is 22.5 Å². The first kappa shape index (κ1) is 20.2. The molecule has 0 aromatic heterocycles. The predicted molar refractivity (Wildman–Crippen MR) is 101 cm³/mol. The summed E-state index contributed by atoms with van der Waals surface area (Å²) in [6.45, 7) is 1.17. The molecule has 2 N–H and O–H groups in total. The van der Waals surface area contributed by atoms with Crippen LogP contribution < -0.4 is 10.6 Å². The van der Waals surface area contributed by atoms with Gasteiger partial charge in [-0.1, -0.05) is 0 Å². The molecule has 1 aromatic rings. The van der Waals surface area contributed by atoms with Gasteiger partial charge in [0.1, 0.15) is 0 Å². The average Bonchev–Trinajstić information content (AvgIpc) is 3.52. The highest BCUT2D eigenvalue weighted by Crippen LogP contribution is 2.33. The molecule has 1 heterocycles. The van der Waals surface area contributed by atoms with E-state index >= 15 is 0 Å². The topological polar surface area (TPSA) is 139 Å². The molecule has 1 saturated carbocycles. The smallest absolute Gasteiger partial charge is 0.313 e. The zero-order valence-electron chi connectivity index (χ0n) is 15.2. The maximum absolute atomic E-state index is 12.2. The van der Waals surface area contributed by atoms with Gasteiger partial charge in [0, 0.05) is 37.5 Å². The van der Waals surface area contributed by atoms with Crippen molar-refractivity contribution in [1.82, 2.24) is 9.62 Å². The fourth-order valence-corrected chi connectivity index (χ4v) is 4.99. The molecule has 28 heavy (non-hydrogen) atoms. The van der Waals surface area contributed by atoms with Crippen molar-refractivity contribution in [3.8, 4) is 0 Å². The first-order valence-corrected chi connectivity index (χ1v) is 10.6. The number of anilines is 1. The van der Waals surface area contributed by atoms with E-state index in [0.29, 0.717) is 32.5 Å². The van der Waals surface area contributed by atoms with Gasteiger partial charge in [0.2, 0.25) is 10.0 Å². The van der Waals surface area contributed by atoms with E-state index < -0.39 is 26.8 Å². The summed E-state index contributed by atoms with van der Waals surface area (Å²) >= 11 is 0. The van der Waals surface area contributed by atoms with Crippen LogP contribution in [-0.2, 0) is 19.6 Å². The Balaban J connectivity index is 1.41. The molecule has 1 aliphatic carbocycles. The number of hydrogen-bond donors (Lipinski definition) is 2. The summed E-state index contributed by atoms with van der Waals surface area (Å²) in [5.41, 5.74) is 0.168. The van der Waals surface area contributed by atoms with Gasteiger partial charge in [0.15, 0.2) is 0 Å². The zero-order valence-corrected chi connectivity index (χ0v) is 16.0. The maximum atomic E-state index is 12.2. The minimum Gasteiger partial charge on any atom is -0.348 e. The number of rotatable bonds is 6. The summed E-state index contributed by atoms with van der Waals surface area (Å²) in [7, 11) is -3.16. The zero-order chi connectivity index (χ0) is 20.3. The highest BCUT2D eigenvalue weighted by atomic mass is 32.2. The SMILES string of the molecule is O=C(NCC1CCN(S(=O)(=O)C2CC2)CC1)C(=O)Nc1ccc([N+](=O)[O-])cc1. The quantitative estimate of drug-likeness (QED) is 0.405. The molecule has 0 bridgehead atoms. The molecule has 1 aliphatic heterocycles. The van der Waals surface area contributed by atoms with E-state index in [2.05, 4.69) is 10.6 Å². The Morgan fingerprint density at radius 3 is 2.21 bits per heavy atom. The number of piperidine rings is 1. The molecule has 0 atom stereocenters. The Morgan fingerprint density at radius 2 is 1.68 bits per heavy atom. The van der Waals surface area contributed by atoms with E-state index in [1.807, 2.05) is 0 Å². The number of hydrogen-bond acceptors (Lipinski definition) is 6. The molecule has 2 fully saturated rings. The highest BCUT2D eigenvalue weighted by Gasteiger charge is 2.41. The molecular weight excluding hydrogens is 388 g/mol. The van der Waals surface area contributed by atoms with Gasteiger partial charge in [0.05, 0.1) is 10.2 Å². The van der Waals surface area contributed by atoms with Crippen LogP contribution in [0, 0.1) is 16.0 Å². The summed E-state index contributed by atoms with van der Waals surface area (Å²) < 4.78 is 25.9. The Morgan fingerprint density at radius 1 is 1.07 bits per heavy atom. The van der Waals surface area contributed by atoms with Crippen LogP contribution in [0.2, 0.25) is 0 Å². The molecule has 152 valence electrons. The fraction of sp³-hybridized carbons (Fsp3) is 0.529. The largest absolute Gasteiger partial charge is 0.348 e.